The van der Waals surface area contributed by atoms with Crippen molar-refractivity contribution in [3.05, 3.63) is 23.8 Å². The Balaban J connectivity index is 1.67. The molecule has 2 aliphatic heterocycles. The van der Waals surface area contributed by atoms with Gasteiger partial charge in [-0.1, -0.05) is 6.07 Å². The molecule has 2 aliphatic rings. The van der Waals surface area contributed by atoms with Crippen LogP contribution >= 0.6 is 0 Å². The summed E-state index contributed by atoms with van der Waals surface area (Å²) >= 11 is 0. The fraction of sp³-hybridized carbons (Fsp3) is 0.562. The van der Waals surface area contributed by atoms with Gasteiger partial charge < -0.3 is 19.7 Å². The van der Waals surface area contributed by atoms with Gasteiger partial charge in [-0.25, -0.2) is 0 Å². The van der Waals surface area contributed by atoms with Crippen LogP contribution in [0.3, 0.4) is 0 Å². The molecule has 1 fully saturated rings. The van der Waals surface area contributed by atoms with Crippen LogP contribution in [-0.4, -0.2) is 37.2 Å². The van der Waals surface area contributed by atoms with E-state index in [0.717, 1.165) is 49.5 Å². The molecule has 1 N–H and O–H groups in total. The van der Waals surface area contributed by atoms with Gasteiger partial charge in [-0.3, -0.25) is 4.79 Å². The lowest BCUT2D eigenvalue weighted by Gasteiger charge is -2.29. The highest BCUT2D eigenvalue weighted by atomic mass is 16.7. The minimum absolute atomic E-state index is 0.118. The second kappa shape index (κ2) is 6.35. The lowest BCUT2D eigenvalue weighted by atomic mass is 9.98. The zero-order chi connectivity index (χ0) is 14.7. The van der Waals surface area contributed by atoms with E-state index in [0.29, 0.717) is 6.54 Å². The molecule has 1 amide bonds. The highest BCUT2D eigenvalue weighted by Crippen LogP contribution is 2.32. The van der Waals surface area contributed by atoms with Crippen molar-refractivity contribution in [3.63, 3.8) is 0 Å². The second-order valence-electron chi connectivity index (χ2n) is 5.58. The van der Waals surface area contributed by atoms with Crippen LogP contribution in [0, 0.1) is 5.92 Å². The molecule has 0 aliphatic carbocycles. The van der Waals surface area contributed by atoms with Gasteiger partial charge >= 0.3 is 0 Å². The number of hydrogen-bond acceptors (Lipinski definition) is 4. The van der Waals surface area contributed by atoms with Crippen molar-refractivity contribution in [2.24, 2.45) is 5.92 Å². The summed E-state index contributed by atoms with van der Waals surface area (Å²) in [6.07, 6.45) is 2.07. The van der Waals surface area contributed by atoms with Crippen molar-refractivity contribution in [2.75, 3.05) is 26.4 Å². The molecular formula is C16H22N2O3. The highest BCUT2D eigenvalue weighted by Gasteiger charge is 2.25. The average molecular weight is 290 g/mol. The molecular weight excluding hydrogens is 268 g/mol. The summed E-state index contributed by atoms with van der Waals surface area (Å²) in [5.74, 6) is 1.93. The maximum Gasteiger partial charge on any atom is 0.231 e. The third-order valence-electron chi connectivity index (χ3n) is 4.15. The van der Waals surface area contributed by atoms with E-state index in [4.69, 9.17) is 9.47 Å². The van der Waals surface area contributed by atoms with E-state index in [2.05, 4.69) is 5.32 Å². The lowest BCUT2D eigenvalue weighted by molar-refractivity contribution is -0.136. The molecule has 5 heteroatoms. The third-order valence-corrected chi connectivity index (χ3v) is 4.15. The first-order chi connectivity index (χ1) is 10.3. The number of nitrogens with zero attached hydrogens (tertiary/aromatic N) is 1. The van der Waals surface area contributed by atoms with Gasteiger partial charge in [-0.2, -0.15) is 0 Å². The van der Waals surface area contributed by atoms with Gasteiger partial charge in [0.05, 0.1) is 5.92 Å². The zero-order valence-electron chi connectivity index (χ0n) is 12.4. The Bertz CT molecular complexity index is 512. The molecule has 0 bridgehead atoms. The summed E-state index contributed by atoms with van der Waals surface area (Å²) in [6.45, 7) is 5.49. The number of ether oxygens (including phenoxy) is 2. The lowest BCUT2D eigenvalue weighted by Crippen LogP contribution is -2.42. The molecule has 0 saturated carbocycles. The van der Waals surface area contributed by atoms with E-state index in [1.165, 1.54) is 0 Å². The van der Waals surface area contributed by atoms with E-state index >= 15 is 0 Å². The van der Waals surface area contributed by atoms with Crippen LogP contribution in [0.2, 0.25) is 0 Å². The van der Waals surface area contributed by atoms with Gasteiger partial charge in [-0.05, 0) is 44.0 Å². The Labute approximate surface area is 125 Å². The highest BCUT2D eigenvalue weighted by molar-refractivity contribution is 5.79. The van der Waals surface area contributed by atoms with E-state index in [1.807, 2.05) is 30.0 Å². The Hall–Kier alpha value is -1.75. The van der Waals surface area contributed by atoms with E-state index in [-0.39, 0.29) is 18.6 Å². The van der Waals surface area contributed by atoms with Gasteiger partial charge in [0.25, 0.3) is 0 Å². The monoisotopic (exact) mass is 290 g/mol. The van der Waals surface area contributed by atoms with E-state index < -0.39 is 0 Å². The minimum atomic E-state index is 0.118. The molecule has 1 aromatic carbocycles. The predicted molar refractivity (Wildman–Crippen MR) is 79.2 cm³/mol. The van der Waals surface area contributed by atoms with Crippen molar-refractivity contribution in [2.45, 2.75) is 26.3 Å². The molecule has 2 heterocycles. The molecule has 1 aromatic rings. The van der Waals surface area contributed by atoms with Gasteiger partial charge in [-0.15, -0.1) is 0 Å². The SMILES string of the molecule is CCN(Cc1ccc2c(c1)OCO2)C(=O)C1CCCNC1. The Morgan fingerprint density at radius 1 is 1.38 bits per heavy atom. The number of benzene rings is 1. The fourth-order valence-corrected chi connectivity index (χ4v) is 2.93. The Morgan fingerprint density at radius 3 is 3.00 bits per heavy atom. The molecule has 0 aromatic heterocycles. The molecule has 21 heavy (non-hydrogen) atoms. The third kappa shape index (κ3) is 3.13. The van der Waals surface area contributed by atoms with Gasteiger partial charge in [0.15, 0.2) is 11.5 Å². The fourth-order valence-electron chi connectivity index (χ4n) is 2.93. The number of rotatable bonds is 4. The number of hydrogen-bond donors (Lipinski definition) is 1. The molecule has 1 unspecified atom stereocenters. The summed E-state index contributed by atoms with van der Waals surface area (Å²) < 4.78 is 10.7. The number of fused-ring (bicyclic) bond motifs is 1. The summed E-state index contributed by atoms with van der Waals surface area (Å²) in [6, 6.07) is 5.89. The van der Waals surface area contributed by atoms with Crippen LogP contribution in [0.5, 0.6) is 11.5 Å². The summed E-state index contributed by atoms with van der Waals surface area (Å²) in [7, 11) is 0. The van der Waals surface area contributed by atoms with Crippen LogP contribution in [-0.2, 0) is 11.3 Å². The molecule has 114 valence electrons. The van der Waals surface area contributed by atoms with E-state index in [1.54, 1.807) is 0 Å². The van der Waals surface area contributed by atoms with Crippen LogP contribution in [0.1, 0.15) is 25.3 Å². The minimum Gasteiger partial charge on any atom is -0.454 e. The summed E-state index contributed by atoms with van der Waals surface area (Å²) in [5.41, 5.74) is 1.08. The van der Waals surface area contributed by atoms with Crippen molar-refractivity contribution in [1.82, 2.24) is 10.2 Å². The van der Waals surface area contributed by atoms with Crippen LogP contribution < -0.4 is 14.8 Å². The first-order valence-corrected chi connectivity index (χ1v) is 7.66. The maximum atomic E-state index is 12.6. The molecule has 1 saturated heterocycles. The van der Waals surface area contributed by atoms with Gasteiger partial charge in [0.2, 0.25) is 12.7 Å². The molecule has 3 rings (SSSR count). The number of carbonyl (C=O) groups excluding carboxylic acids is 1. The first-order valence-electron chi connectivity index (χ1n) is 7.66. The molecule has 1 atom stereocenters. The average Bonchev–Trinajstić information content (AvgIpc) is 3.00. The Morgan fingerprint density at radius 2 is 2.24 bits per heavy atom. The van der Waals surface area contributed by atoms with Gasteiger partial charge in [0, 0.05) is 19.6 Å². The zero-order valence-corrected chi connectivity index (χ0v) is 12.4. The largest absolute Gasteiger partial charge is 0.454 e. The number of piperidine rings is 1. The quantitative estimate of drug-likeness (QED) is 0.918. The molecule has 0 radical (unpaired) electrons. The topological polar surface area (TPSA) is 50.8 Å². The Kier molecular flexibility index (Phi) is 4.29. The van der Waals surface area contributed by atoms with Crippen molar-refractivity contribution >= 4 is 5.91 Å². The summed E-state index contributed by atoms with van der Waals surface area (Å²) in [4.78, 5) is 14.5. The second-order valence-corrected chi connectivity index (χ2v) is 5.58. The molecule has 0 spiro atoms. The van der Waals surface area contributed by atoms with Crippen molar-refractivity contribution in [1.29, 1.82) is 0 Å². The maximum absolute atomic E-state index is 12.6. The predicted octanol–water partition coefficient (Wildman–Crippen LogP) is 1.76. The van der Waals surface area contributed by atoms with Crippen molar-refractivity contribution < 1.29 is 14.3 Å². The van der Waals surface area contributed by atoms with Crippen LogP contribution in [0.25, 0.3) is 0 Å². The van der Waals surface area contributed by atoms with Crippen molar-refractivity contribution in [3.8, 4) is 11.5 Å². The smallest absolute Gasteiger partial charge is 0.231 e. The normalized spacial score (nSPS) is 20.3. The number of carbonyl (C=O) groups is 1. The first kappa shape index (κ1) is 14.2. The van der Waals surface area contributed by atoms with Crippen LogP contribution in [0.15, 0.2) is 18.2 Å². The number of amides is 1. The number of nitrogens with one attached hydrogen (secondary N) is 1. The molecule has 5 nitrogen and oxygen atoms in total. The van der Waals surface area contributed by atoms with E-state index in [9.17, 15) is 4.79 Å². The van der Waals surface area contributed by atoms with Crippen LogP contribution in [0.4, 0.5) is 0 Å². The van der Waals surface area contributed by atoms with Gasteiger partial charge in [0.1, 0.15) is 0 Å². The standard InChI is InChI=1S/C16H22N2O3/c1-2-18(16(19)13-4-3-7-17-9-13)10-12-5-6-14-15(8-12)21-11-20-14/h5-6,8,13,17H,2-4,7,9-11H2,1H3. The summed E-state index contributed by atoms with van der Waals surface area (Å²) in [5, 5.41) is 3.31.